The van der Waals surface area contributed by atoms with Crippen molar-refractivity contribution in [3.63, 3.8) is 0 Å². The number of hydrogen-bond acceptors (Lipinski definition) is 6. The molecule has 0 saturated heterocycles. The molecule has 22 heavy (non-hydrogen) atoms. The maximum absolute atomic E-state index is 11.3. The number of hydrogen-bond donors (Lipinski definition) is 1. The third-order valence-electron chi connectivity index (χ3n) is 3.66. The molecule has 1 saturated carbocycles. The van der Waals surface area contributed by atoms with E-state index in [1.807, 2.05) is 21.1 Å². The molecule has 0 heterocycles. The summed E-state index contributed by atoms with van der Waals surface area (Å²) in [7, 11) is 7.78. The summed E-state index contributed by atoms with van der Waals surface area (Å²) in [5, 5.41) is 14.3. The van der Waals surface area contributed by atoms with Gasteiger partial charge in [-0.15, -0.1) is 0 Å². The molecule has 7 heteroatoms. The molecule has 0 radical (unpaired) electrons. The van der Waals surface area contributed by atoms with E-state index < -0.39 is 0 Å². The van der Waals surface area contributed by atoms with E-state index in [2.05, 4.69) is 15.1 Å². The summed E-state index contributed by atoms with van der Waals surface area (Å²) in [6.07, 6.45) is 2.06. The van der Waals surface area contributed by atoms with Crippen LogP contribution in [0.4, 0.5) is 17.1 Å². The maximum atomic E-state index is 11.3. The van der Waals surface area contributed by atoms with Crippen LogP contribution >= 0.6 is 0 Å². The largest absolute Gasteiger partial charge is 0.483 e. The summed E-state index contributed by atoms with van der Waals surface area (Å²) in [6, 6.07) is 3.33. The molecule has 0 atom stereocenters. The van der Waals surface area contributed by atoms with E-state index in [1.165, 1.54) is 0 Å². The number of nitrogens with zero attached hydrogens (tertiary/aromatic N) is 3. The van der Waals surface area contributed by atoms with Crippen molar-refractivity contribution in [2.75, 3.05) is 51.5 Å². The summed E-state index contributed by atoms with van der Waals surface area (Å²) in [4.78, 5) is 15.1. The second kappa shape index (κ2) is 6.83. The number of nitro groups is 1. The van der Waals surface area contributed by atoms with Crippen molar-refractivity contribution in [1.29, 1.82) is 0 Å². The summed E-state index contributed by atoms with van der Waals surface area (Å²) >= 11 is 0. The fraction of sp³-hybridized carbons (Fsp3) is 0.600. The summed E-state index contributed by atoms with van der Waals surface area (Å²) in [6.45, 7) is 1.72. The lowest BCUT2D eigenvalue weighted by atomic mass is 10.2. The van der Waals surface area contributed by atoms with Gasteiger partial charge >= 0.3 is 5.69 Å². The Bertz CT molecular complexity index is 544. The predicted octanol–water partition coefficient (Wildman–Crippen LogP) is 2.18. The van der Waals surface area contributed by atoms with Gasteiger partial charge in [-0.05, 0) is 26.9 Å². The quantitative estimate of drug-likeness (QED) is 0.586. The van der Waals surface area contributed by atoms with E-state index in [9.17, 15) is 10.1 Å². The molecule has 1 fully saturated rings. The fourth-order valence-corrected chi connectivity index (χ4v) is 2.15. The third kappa shape index (κ3) is 4.00. The summed E-state index contributed by atoms with van der Waals surface area (Å²) in [5.74, 6) is 0.359. The normalized spacial score (nSPS) is 14.0. The van der Waals surface area contributed by atoms with E-state index in [1.54, 1.807) is 19.2 Å². The van der Waals surface area contributed by atoms with Crippen molar-refractivity contribution in [3.05, 3.63) is 22.2 Å². The molecule has 1 N–H and O–H groups in total. The second-order valence-corrected chi connectivity index (χ2v) is 5.89. The highest BCUT2D eigenvalue weighted by Gasteiger charge is 2.28. The maximum Gasteiger partial charge on any atom is 0.313 e. The Morgan fingerprint density at radius 3 is 2.50 bits per heavy atom. The molecule has 0 amide bonds. The molecule has 122 valence electrons. The van der Waals surface area contributed by atoms with E-state index >= 15 is 0 Å². The molecule has 0 aromatic heterocycles. The molecule has 0 bridgehead atoms. The van der Waals surface area contributed by atoms with Crippen LogP contribution in [0.15, 0.2) is 12.1 Å². The van der Waals surface area contributed by atoms with Gasteiger partial charge in [-0.3, -0.25) is 10.1 Å². The number of benzene rings is 1. The minimum absolute atomic E-state index is 0.0148. The van der Waals surface area contributed by atoms with Gasteiger partial charge in [0.15, 0.2) is 5.75 Å². The first-order chi connectivity index (χ1) is 10.4. The Hall–Kier alpha value is -2.02. The van der Waals surface area contributed by atoms with Crippen LogP contribution in [0.1, 0.15) is 12.8 Å². The third-order valence-corrected chi connectivity index (χ3v) is 3.66. The first-order valence-corrected chi connectivity index (χ1v) is 7.45. The van der Waals surface area contributed by atoms with Crippen LogP contribution in [0, 0.1) is 10.1 Å². The molecular formula is C15H24N4O3. The Labute approximate surface area is 131 Å². The number of nitro benzene ring substituents is 1. The number of rotatable bonds is 8. The van der Waals surface area contributed by atoms with E-state index in [0.717, 1.165) is 37.3 Å². The topological polar surface area (TPSA) is 70.9 Å². The highest BCUT2D eigenvalue weighted by Crippen LogP contribution is 2.40. The van der Waals surface area contributed by atoms with Crippen LogP contribution in [0.5, 0.6) is 5.75 Å². The molecule has 2 rings (SSSR count). The van der Waals surface area contributed by atoms with Crippen molar-refractivity contribution in [1.82, 2.24) is 4.90 Å². The van der Waals surface area contributed by atoms with Gasteiger partial charge in [0, 0.05) is 39.3 Å². The van der Waals surface area contributed by atoms with Crippen molar-refractivity contribution in [2.45, 2.75) is 18.9 Å². The number of nitrogens with one attached hydrogen (secondary N) is 1. The number of ether oxygens (including phenoxy) is 1. The number of likely N-dealkylation sites (N-methyl/N-ethyl adjacent to an activating group) is 2. The smallest absolute Gasteiger partial charge is 0.313 e. The van der Waals surface area contributed by atoms with Crippen molar-refractivity contribution in [2.24, 2.45) is 0 Å². The van der Waals surface area contributed by atoms with Crippen molar-refractivity contribution >= 4 is 17.1 Å². The van der Waals surface area contributed by atoms with Crippen molar-refractivity contribution in [3.8, 4) is 5.75 Å². The monoisotopic (exact) mass is 308 g/mol. The molecule has 1 aromatic carbocycles. The van der Waals surface area contributed by atoms with Gasteiger partial charge in [-0.1, -0.05) is 0 Å². The molecule has 7 nitrogen and oxygen atoms in total. The van der Waals surface area contributed by atoms with Gasteiger partial charge in [-0.25, -0.2) is 0 Å². The molecule has 1 aliphatic carbocycles. The second-order valence-electron chi connectivity index (χ2n) is 5.89. The Morgan fingerprint density at radius 1 is 1.32 bits per heavy atom. The lowest BCUT2D eigenvalue weighted by molar-refractivity contribution is -0.385. The van der Waals surface area contributed by atoms with Gasteiger partial charge < -0.3 is 19.9 Å². The van der Waals surface area contributed by atoms with Crippen LogP contribution < -0.4 is 15.0 Å². The molecule has 0 spiro atoms. The standard InChI is InChI=1S/C15H24N4O3/c1-16-12-9-14(19(20)21)15(22-11-5-6-11)10-13(12)18(4)8-7-17(2)3/h9-11,16H,5-8H2,1-4H3. The van der Waals surface area contributed by atoms with Gasteiger partial charge in [0.1, 0.15) is 0 Å². The van der Waals surface area contributed by atoms with E-state index in [-0.39, 0.29) is 16.7 Å². The molecular weight excluding hydrogens is 284 g/mol. The Balaban J connectivity index is 2.31. The highest BCUT2D eigenvalue weighted by atomic mass is 16.6. The van der Waals surface area contributed by atoms with E-state index in [4.69, 9.17) is 4.74 Å². The SMILES string of the molecule is CNc1cc([N+](=O)[O-])c(OC2CC2)cc1N(C)CCN(C)C. The predicted molar refractivity (Wildman–Crippen MR) is 88.1 cm³/mol. The van der Waals surface area contributed by atoms with Gasteiger partial charge in [0.25, 0.3) is 0 Å². The minimum Gasteiger partial charge on any atom is -0.483 e. The van der Waals surface area contributed by atoms with Crippen molar-refractivity contribution < 1.29 is 9.66 Å². The minimum atomic E-state index is -0.387. The van der Waals surface area contributed by atoms with Crippen LogP contribution in [-0.4, -0.2) is 57.2 Å². The zero-order chi connectivity index (χ0) is 16.3. The Morgan fingerprint density at radius 2 is 2.00 bits per heavy atom. The van der Waals surface area contributed by atoms with Gasteiger partial charge in [0.2, 0.25) is 0 Å². The zero-order valence-electron chi connectivity index (χ0n) is 13.6. The zero-order valence-corrected chi connectivity index (χ0v) is 13.6. The summed E-state index contributed by atoms with van der Waals surface area (Å²) < 4.78 is 5.73. The number of anilines is 2. The fourth-order valence-electron chi connectivity index (χ4n) is 2.15. The van der Waals surface area contributed by atoms with E-state index in [0.29, 0.717) is 5.75 Å². The average Bonchev–Trinajstić information content (AvgIpc) is 3.27. The molecule has 1 aromatic rings. The Kier molecular flexibility index (Phi) is 5.07. The molecule has 1 aliphatic rings. The molecule has 0 unspecified atom stereocenters. The first kappa shape index (κ1) is 16.4. The average molecular weight is 308 g/mol. The first-order valence-electron chi connectivity index (χ1n) is 7.45. The summed E-state index contributed by atoms with van der Waals surface area (Å²) in [5.41, 5.74) is 1.66. The van der Waals surface area contributed by atoms with Gasteiger partial charge in [-0.2, -0.15) is 0 Å². The van der Waals surface area contributed by atoms with Crippen LogP contribution in [-0.2, 0) is 0 Å². The van der Waals surface area contributed by atoms with Gasteiger partial charge in [0.05, 0.1) is 22.4 Å². The highest BCUT2D eigenvalue weighted by molar-refractivity contribution is 5.76. The lowest BCUT2D eigenvalue weighted by Crippen LogP contribution is -2.29. The van der Waals surface area contributed by atoms with Crippen LogP contribution in [0.2, 0.25) is 0 Å². The van der Waals surface area contributed by atoms with Crippen LogP contribution in [0.25, 0.3) is 0 Å². The lowest BCUT2D eigenvalue weighted by Gasteiger charge is -2.24. The van der Waals surface area contributed by atoms with Crippen LogP contribution in [0.3, 0.4) is 0 Å². The molecule has 0 aliphatic heterocycles.